The number of nitrogens with zero attached hydrogens (tertiary/aromatic N) is 1. The van der Waals surface area contributed by atoms with Gasteiger partial charge < -0.3 is 9.88 Å². The van der Waals surface area contributed by atoms with Gasteiger partial charge in [-0.05, 0) is 42.1 Å². The fraction of sp³-hybridized carbons (Fsp3) is 0.389. The standard InChI is InChI=1S/C18H17F3N2O/c19-18(20,21)15-4-2-1-3-14(15)12-6-16-13-5-11(8-22-9-13)10-23(16)17(24)7-12/h1-4,6-7,11,13,22H,5,8-10H2/t11-,13+/m0/s1. The van der Waals surface area contributed by atoms with Crippen LogP contribution in [0.4, 0.5) is 13.2 Å². The highest BCUT2D eigenvalue weighted by Gasteiger charge is 2.35. The highest BCUT2D eigenvalue weighted by molar-refractivity contribution is 5.68. The highest BCUT2D eigenvalue weighted by Crippen LogP contribution is 2.38. The molecule has 126 valence electrons. The van der Waals surface area contributed by atoms with E-state index in [1.165, 1.54) is 18.2 Å². The predicted molar refractivity (Wildman–Crippen MR) is 84.9 cm³/mol. The average molecular weight is 334 g/mol. The molecule has 0 unspecified atom stereocenters. The number of alkyl halides is 3. The minimum absolute atomic E-state index is 0.0661. The Hall–Kier alpha value is -2.08. The third-order valence-corrected chi connectivity index (χ3v) is 5.00. The second kappa shape index (κ2) is 5.48. The van der Waals surface area contributed by atoms with E-state index in [9.17, 15) is 18.0 Å². The van der Waals surface area contributed by atoms with Gasteiger partial charge in [0.1, 0.15) is 0 Å². The van der Waals surface area contributed by atoms with Crippen molar-refractivity contribution in [3.8, 4) is 11.1 Å². The molecular formula is C18H17F3N2O. The lowest BCUT2D eigenvalue weighted by Gasteiger charge is -2.37. The van der Waals surface area contributed by atoms with E-state index in [4.69, 9.17) is 0 Å². The normalized spacial score (nSPS) is 23.0. The molecule has 2 aliphatic rings. The Balaban J connectivity index is 1.88. The number of piperidine rings is 1. The van der Waals surface area contributed by atoms with Gasteiger partial charge in [0.25, 0.3) is 5.56 Å². The van der Waals surface area contributed by atoms with Crippen LogP contribution in [0, 0.1) is 5.92 Å². The van der Waals surface area contributed by atoms with Gasteiger partial charge in [-0.3, -0.25) is 4.79 Å². The maximum absolute atomic E-state index is 13.3. The average Bonchev–Trinajstić information content (AvgIpc) is 2.55. The minimum Gasteiger partial charge on any atom is -0.316 e. The Labute approximate surface area is 137 Å². The van der Waals surface area contributed by atoms with Crippen LogP contribution in [0.3, 0.4) is 0 Å². The molecule has 1 aromatic heterocycles. The quantitative estimate of drug-likeness (QED) is 0.869. The SMILES string of the molecule is O=c1cc(-c2ccccc2C(F)(F)F)cc2n1C[C@@H]1CNC[C@H]2C1. The van der Waals surface area contributed by atoms with Crippen LogP contribution in [-0.4, -0.2) is 17.7 Å². The summed E-state index contributed by atoms with van der Waals surface area (Å²) in [4.78, 5) is 12.5. The Bertz CT molecular complexity index is 841. The van der Waals surface area contributed by atoms with E-state index in [-0.39, 0.29) is 17.0 Å². The molecule has 3 heterocycles. The first-order chi connectivity index (χ1) is 11.4. The van der Waals surface area contributed by atoms with E-state index in [1.807, 2.05) is 0 Å². The van der Waals surface area contributed by atoms with E-state index < -0.39 is 11.7 Å². The third-order valence-electron chi connectivity index (χ3n) is 5.00. The number of rotatable bonds is 1. The van der Waals surface area contributed by atoms with E-state index in [0.717, 1.165) is 31.3 Å². The Morgan fingerprint density at radius 3 is 2.71 bits per heavy atom. The number of nitrogens with one attached hydrogen (secondary N) is 1. The van der Waals surface area contributed by atoms with Crippen molar-refractivity contribution >= 4 is 0 Å². The van der Waals surface area contributed by atoms with Crippen LogP contribution in [0.15, 0.2) is 41.2 Å². The molecule has 4 rings (SSSR count). The Morgan fingerprint density at radius 2 is 1.92 bits per heavy atom. The summed E-state index contributed by atoms with van der Waals surface area (Å²) in [6, 6.07) is 8.53. The lowest BCUT2D eigenvalue weighted by atomic mass is 9.83. The lowest BCUT2D eigenvalue weighted by molar-refractivity contribution is -0.137. The molecule has 24 heavy (non-hydrogen) atoms. The van der Waals surface area contributed by atoms with Crippen molar-refractivity contribution in [2.45, 2.75) is 25.1 Å². The molecule has 0 radical (unpaired) electrons. The summed E-state index contributed by atoms with van der Waals surface area (Å²) < 4.78 is 41.6. The largest absolute Gasteiger partial charge is 0.417 e. The molecule has 1 aromatic carbocycles. The Kier molecular flexibility index (Phi) is 3.53. The summed E-state index contributed by atoms with van der Waals surface area (Å²) in [5, 5.41) is 3.35. The minimum atomic E-state index is -4.44. The molecule has 2 aromatic rings. The summed E-state index contributed by atoms with van der Waals surface area (Å²) in [6.07, 6.45) is -3.46. The van der Waals surface area contributed by atoms with Crippen LogP contribution in [0.1, 0.15) is 23.6 Å². The molecule has 1 fully saturated rings. The lowest BCUT2D eigenvalue weighted by Crippen LogP contribution is -2.44. The van der Waals surface area contributed by atoms with Crippen LogP contribution in [0.2, 0.25) is 0 Å². The zero-order valence-electron chi connectivity index (χ0n) is 12.9. The van der Waals surface area contributed by atoms with Crippen molar-refractivity contribution < 1.29 is 13.2 Å². The molecule has 0 spiro atoms. The molecule has 2 atom stereocenters. The van der Waals surface area contributed by atoms with Crippen molar-refractivity contribution in [3.63, 3.8) is 0 Å². The first-order valence-corrected chi connectivity index (χ1v) is 8.05. The molecule has 1 saturated heterocycles. The fourth-order valence-electron chi connectivity index (χ4n) is 3.94. The van der Waals surface area contributed by atoms with Gasteiger partial charge in [-0.1, -0.05) is 18.2 Å². The molecule has 2 bridgehead atoms. The topological polar surface area (TPSA) is 34.0 Å². The van der Waals surface area contributed by atoms with E-state index in [0.29, 0.717) is 18.0 Å². The van der Waals surface area contributed by atoms with Gasteiger partial charge in [0.05, 0.1) is 5.56 Å². The number of aromatic nitrogens is 1. The zero-order chi connectivity index (χ0) is 16.9. The van der Waals surface area contributed by atoms with Gasteiger partial charge in [0, 0.05) is 30.8 Å². The Morgan fingerprint density at radius 1 is 1.12 bits per heavy atom. The van der Waals surface area contributed by atoms with Crippen molar-refractivity contribution in [2.75, 3.05) is 13.1 Å². The first kappa shape index (κ1) is 15.4. The number of halogens is 3. The summed E-state index contributed by atoms with van der Waals surface area (Å²) in [5.74, 6) is 0.602. The van der Waals surface area contributed by atoms with Crippen molar-refractivity contribution in [3.05, 3.63) is 58.0 Å². The van der Waals surface area contributed by atoms with Gasteiger partial charge in [0.15, 0.2) is 0 Å². The number of hydrogen-bond donors (Lipinski definition) is 1. The summed E-state index contributed by atoms with van der Waals surface area (Å²) in [5.41, 5.74) is 0.346. The number of pyridine rings is 1. The second-order valence-corrected chi connectivity index (χ2v) is 6.62. The summed E-state index contributed by atoms with van der Waals surface area (Å²) in [7, 11) is 0. The molecule has 0 saturated carbocycles. The van der Waals surface area contributed by atoms with E-state index in [1.54, 1.807) is 16.7 Å². The smallest absolute Gasteiger partial charge is 0.316 e. The van der Waals surface area contributed by atoms with Gasteiger partial charge in [0.2, 0.25) is 0 Å². The van der Waals surface area contributed by atoms with Crippen molar-refractivity contribution in [2.24, 2.45) is 5.92 Å². The molecular weight excluding hydrogens is 317 g/mol. The number of hydrogen-bond acceptors (Lipinski definition) is 2. The van der Waals surface area contributed by atoms with Gasteiger partial charge in [-0.2, -0.15) is 13.2 Å². The van der Waals surface area contributed by atoms with Crippen LogP contribution < -0.4 is 10.9 Å². The summed E-state index contributed by atoms with van der Waals surface area (Å²) >= 11 is 0. The maximum Gasteiger partial charge on any atom is 0.417 e. The molecule has 6 heteroatoms. The number of benzene rings is 1. The van der Waals surface area contributed by atoms with Crippen LogP contribution in [0.25, 0.3) is 11.1 Å². The first-order valence-electron chi connectivity index (χ1n) is 8.05. The van der Waals surface area contributed by atoms with Crippen molar-refractivity contribution in [1.29, 1.82) is 0 Å². The van der Waals surface area contributed by atoms with Gasteiger partial charge >= 0.3 is 6.18 Å². The molecule has 0 amide bonds. The number of fused-ring (bicyclic) bond motifs is 4. The zero-order valence-corrected chi connectivity index (χ0v) is 12.9. The molecule has 1 N–H and O–H groups in total. The van der Waals surface area contributed by atoms with Crippen LogP contribution >= 0.6 is 0 Å². The van der Waals surface area contributed by atoms with Crippen LogP contribution in [0.5, 0.6) is 0 Å². The van der Waals surface area contributed by atoms with E-state index >= 15 is 0 Å². The fourth-order valence-corrected chi connectivity index (χ4v) is 3.94. The molecule has 3 nitrogen and oxygen atoms in total. The molecule has 0 aliphatic carbocycles. The highest BCUT2D eigenvalue weighted by atomic mass is 19.4. The van der Waals surface area contributed by atoms with Crippen LogP contribution in [-0.2, 0) is 12.7 Å². The third kappa shape index (κ3) is 2.55. The monoisotopic (exact) mass is 334 g/mol. The predicted octanol–water partition coefficient (Wildman–Crippen LogP) is 3.24. The maximum atomic E-state index is 13.3. The second-order valence-electron chi connectivity index (χ2n) is 6.62. The molecule has 2 aliphatic heterocycles. The van der Waals surface area contributed by atoms with Crippen molar-refractivity contribution in [1.82, 2.24) is 9.88 Å². The van der Waals surface area contributed by atoms with E-state index in [2.05, 4.69) is 5.32 Å². The van der Waals surface area contributed by atoms with Gasteiger partial charge in [-0.25, -0.2) is 0 Å². The summed E-state index contributed by atoms with van der Waals surface area (Å²) in [6.45, 7) is 2.29. The van der Waals surface area contributed by atoms with Gasteiger partial charge in [-0.15, -0.1) is 0 Å².